The molecule has 0 aliphatic heterocycles. The maximum absolute atomic E-state index is 0. The number of hydrogen-bond donors (Lipinski definition) is 0. The summed E-state index contributed by atoms with van der Waals surface area (Å²) >= 11 is 0. The van der Waals surface area contributed by atoms with Crippen LogP contribution < -0.4 is 50.9 Å². The van der Waals surface area contributed by atoms with Gasteiger partial charge in [0.05, 0.1) is 0 Å². The second-order valence-corrected chi connectivity index (χ2v) is 0. The molecule has 0 unspecified atom stereocenters. The van der Waals surface area contributed by atoms with Crippen molar-refractivity contribution in [1.29, 1.82) is 0 Å². The van der Waals surface area contributed by atoms with Gasteiger partial charge in [-0.15, -0.1) is 0 Å². The molecule has 0 saturated heterocycles. The minimum absolute atomic E-state index is 0. The van der Waals surface area contributed by atoms with Crippen molar-refractivity contribution in [3.63, 3.8) is 0 Å². The molecular formula is Br3Pd-3. The van der Waals surface area contributed by atoms with E-state index in [9.17, 15) is 0 Å². The van der Waals surface area contributed by atoms with Gasteiger partial charge < -0.3 is 50.9 Å². The van der Waals surface area contributed by atoms with Gasteiger partial charge in [0.25, 0.3) is 0 Å². The van der Waals surface area contributed by atoms with Crippen LogP contribution in [0.1, 0.15) is 0 Å². The Balaban J connectivity index is 0. The molecule has 0 spiro atoms. The fraction of sp³-hybridized carbons (Fsp3) is 0. The van der Waals surface area contributed by atoms with Crippen LogP contribution in [-0.4, -0.2) is 0 Å². The molecule has 0 fully saturated rings. The molecule has 34 valence electrons. The predicted octanol–water partition coefficient (Wildman–Crippen LogP) is -8.99. The van der Waals surface area contributed by atoms with Crippen molar-refractivity contribution in [1.82, 2.24) is 0 Å². The third kappa shape index (κ3) is 8.93. The molecule has 0 aliphatic carbocycles. The Labute approximate surface area is 70.7 Å². The summed E-state index contributed by atoms with van der Waals surface area (Å²) in [6, 6.07) is 0. The third-order valence-electron chi connectivity index (χ3n) is 0. The first-order valence-electron chi connectivity index (χ1n) is 0. The minimum Gasteiger partial charge on any atom is -1.00 e. The van der Waals surface area contributed by atoms with E-state index in [1.54, 1.807) is 0 Å². The van der Waals surface area contributed by atoms with E-state index in [4.69, 9.17) is 0 Å². The average Bonchev–Trinajstić information content (AvgIpc) is 0. The van der Waals surface area contributed by atoms with Crippen molar-refractivity contribution in [2.75, 3.05) is 0 Å². The summed E-state index contributed by atoms with van der Waals surface area (Å²) in [6.45, 7) is 0. The predicted molar refractivity (Wildman–Crippen MR) is 0 cm³/mol. The van der Waals surface area contributed by atoms with Gasteiger partial charge in [-0.2, -0.15) is 0 Å². The van der Waals surface area contributed by atoms with E-state index >= 15 is 0 Å². The standard InChI is InChI=1S/3BrH.Pd/h3*1H;/p-3. The number of halogens is 3. The fourth-order valence-electron chi connectivity index (χ4n) is 0. The fourth-order valence-corrected chi connectivity index (χ4v) is 0. The Hall–Kier alpha value is 2.10. The van der Waals surface area contributed by atoms with Gasteiger partial charge in [0, 0.05) is 20.4 Å². The SMILES string of the molecule is [Br-].[Br-].[Br-].[Pd]. The maximum atomic E-state index is 0. The summed E-state index contributed by atoms with van der Waals surface area (Å²) < 4.78 is 0. The van der Waals surface area contributed by atoms with Crippen molar-refractivity contribution >= 4 is 0 Å². The molecule has 0 aromatic carbocycles. The van der Waals surface area contributed by atoms with E-state index in [2.05, 4.69) is 0 Å². The molecule has 0 atom stereocenters. The quantitative estimate of drug-likeness (QED) is 0.383. The Morgan fingerprint density at radius 2 is 0.500 bits per heavy atom. The normalized spacial score (nSPS) is 0. The second kappa shape index (κ2) is 19.4. The summed E-state index contributed by atoms with van der Waals surface area (Å²) in [5.74, 6) is 0. The largest absolute Gasteiger partial charge is 1.00 e. The summed E-state index contributed by atoms with van der Waals surface area (Å²) in [5, 5.41) is 0. The van der Waals surface area contributed by atoms with Crippen LogP contribution in [0.3, 0.4) is 0 Å². The molecule has 0 rings (SSSR count). The van der Waals surface area contributed by atoms with E-state index in [0.29, 0.717) is 0 Å². The van der Waals surface area contributed by atoms with Crippen LogP contribution in [0.25, 0.3) is 0 Å². The van der Waals surface area contributed by atoms with Crippen LogP contribution in [-0.2, 0) is 20.4 Å². The monoisotopic (exact) mass is 343 g/mol. The molecule has 0 aromatic heterocycles. The first-order chi connectivity index (χ1) is 0. The molecule has 0 saturated carbocycles. The smallest absolute Gasteiger partial charge is 0 e. The molecule has 0 aromatic rings. The molecule has 0 amide bonds. The van der Waals surface area contributed by atoms with Gasteiger partial charge in [-0.25, -0.2) is 0 Å². The van der Waals surface area contributed by atoms with Gasteiger partial charge in [0.1, 0.15) is 0 Å². The van der Waals surface area contributed by atoms with E-state index in [1.165, 1.54) is 0 Å². The van der Waals surface area contributed by atoms with Crippen molar-refractivity contribution in [2.45, 2.75) is 0 Å². The summed E-state index contributed by atoms with van der Waals surface area (Å²) in [4.78, 5) is 0. The summed E-state index contributed by atoms with van der Waals surface area (Å²) in [7, 11) is 0. The molecule has 0 nitrogen and oxygen atoms in total. The Kier molecular flexibility index (Phi) is 175. The van der Waals surface area contributed by atoms with Crippen LogP contribution in [0.2, 0.25) is 0 Å². The van der Waals surface area contributed by atoms with Crippen LogP contribution in [0.4, 0.5) is 0 Å². The number of hydrogen-bond acceptors (Lipinski definition) is 0. The first kappa shape index (κ1) is 35.9. The van der Waals surface area contributed by atoms with Gasteiger partial charge in [0.15, 0.2) is 0 Å². The Morgan fingerprint density at radius 3 is 0.500 bits per heavy atom. The maximum Gasteiger partial charge on any atom is 0 e. The van der Waals surface area contributed by atoms with Crippen LogP contribution in [0.5, 0.6) is 0 Å². The zero-order chi connectivity index (χ0) is 0. The zero-order valence-corrected chi connectivity index (χ0v) is 7.76. The van der Waals surface area contributed by atoms with Gasteiger partial charge in [-0.05, 0) is 0 Å². The average molecular weight is 346 g/mol. The molecule has 0 bridgehead atoms. The summed E-state index contributed by atoms with van der Waals surface area (Å²) in [6.07, 6.45) is 0. The van der Waals surface area contributed by atoms with E-state index in [0.717, 1.165) is 0 Å². The van der Waals surface area contributed by atoms with Gasteiger partial charge >= 0.3 is 0 Å². The van der Waals surface area contributed by atoms with Crippen molar-refractivity contribution in [3.05, 3.63) is 0 Å². The molecule has 0 N–H and O–H groups in total. The second-order valence-electron chi connectivity index (χ2n) is 0. The molecular weight excluding hydrogens is 346 g/mol. The number of rotatable bonds is 0. The molecule has 4 heavy (non-hydrogen) atoms. The van der Waals surface area contributed by atoms with Crippen LogP contribution >= 0.6 is 0 Å². The summed E-state index contributed by atoms with van der Waals surface area (Å²) in [5.41, 5.74) is 0. The van der Waals surface area contributed by atoms with E-state index in [1.807, 2.05) is 0 Å². The van der Waals surface area contributed by atoms with Crippen molar-refractivity contribution in [2.24, 2.45) is 0 Å². The molecule has 0 radical (unpaired) electrons. The van der Waals surface area contributed by atoms with E-state index < -0.39 is 0 Å². The molecule has 4 heteroatoms. The molecule has 0 heterocycles. The Morgan fingerprint density at radius 1 is 0.500 bits per heavy atom. The topological polar surface area (TPSA) is 0 Å². The van der Waals surface area contributed by atoms with Crippen LogP contribution in [0, 0.1) is 0 Å². The van der Waals surface area contributed by atoms with Crippen molar-refractivity contribution in [3.8, 4) is 0 Å². The van der Waals surface area contributed by atoms with Gasteiger partial charge in [-0.3, -0.25) is 0 Å². The van der Waals surface area contributed by atoms with Gasteiger partial charge in [-0.1, -0.05) is 0 Å². The Bertz CT molecular complexity index is 3.25. The van der Waals surface area contributed by atoms with E-state index in [-0.39, 0.29) is 71.4 Å². The van der Waals surface area contributed by atoms with Gasteiger partial charge in [0.2, 0.25) is 0 Å². The minimum atomic E-state index is 0. The zero-order valence-electron chi connectivity index (χ0n) is 1.45. The van der Waals surface area contributed by atoms with Crippen molar-refractivity contribution < 1.29 is 71.4 Å². The third-order valence-corrected chi connectivity index (χ3v) is 0. The molecule has 0 aliphatic rings. The first-order valence-corrected chi connectivity index (χ1v) is 0. The van der Waals surface area contributed by atoms with Crippen LogP contribution in [0.15, 0.2) is 0 Å².